The smallest absolute Gasteiger partial charge is 0.347 e. The molecule has 2 unspecified atom stereocenters. The second kappa shape index (κ2) is 8.58. The molecule has 2 aliphatic rings. The zero-order valence-electron chi connectivity index (χ0n) is 18.0. The highest BCUT2D eigenvalue weighted by Gasteiger charge is 2.40. The zero-order chi connectivity index (χ0) is 23.9. The van der Waals surface area contributed by atoms with Crippen LogP contribution >= 0.6 is 0 Å². The van der Waals surface area contributed by atoms with Crippen LogP contribution < -0.4 is 5.32 Å². The molecule has 1 aliphatic heterocycles. The Morgan fingerprint density at radius 2 is 1.85 bits per heavy atom. The molecule has 2 heterocycles. The van der Waals surface area contributed by atoms with E-state index in [1.54, 1.807) is 41.3 Å². The van der Waals surface area contributed by atoms with Gasteiger partial charge in [-0.3, -0.25) is 9.59 Å². The van der Waals surface area contributed by atoms with E-state index in [-0.39, 0.29) is 35.3 Å². The van der Waals surface area contributed by atoms with Gasteiger partial charge in [0, 0.05) is 29.3 Å². The van der Waals surface area contributed by atoms with Crippen molar-refractivity contribution in [1.82, 2.24) is 20.4 Å². The van der Waals surface area contributed by atoms with Crippen molar-refractivity contribution in [1.29, 1.82) is 0 Å². The van der Waals surface area contributed by atoms with E-state index in [9.17, 15) is 22.8 Å². The number of halogens is 3. The van der Waals surface area contributed by atoms with E-state index in [4.69, 9.17) is 0 Å². The van der Waals surface area contributed by atoms with E-state index in [1.165, 1.54) is 6.07 Å². The number of carbonyl (C=O) groups excluding carboxylic acids is 2. The van der Waals surface area contributed by atoms with Crippen molar-refractivity contribution in [2.24, 2.45) is 0 Å². The molecule has 3 aromatic rings. The first-order valence-corrected chi connectivity index (χ1v) is 11.0. The predicted molar refractivity (Wildman–Crippen MR) is 115 cm³/mol. The highest BCUT2D eigenvalue weighted by Crippen LogP contribution is 2.34. The maximum atomic E-state index is 13.3. The number of aromatic nitrogens is 2. The third-order valence-corrected chi connectivity index (χ3v) is 6.35. The zero-order valence-corrected chi connectivity index (χ0v) is 18.0. The number of alkyl halides is 3. The lowest BCUT2D eigenvalue weighted by Gasteiger charge is -2.38. The minimum Gasteiger partial charge on any atom is -0.347 e. The van der Waals surface area contributed by atoms with Gasteiger partial charge in [-0.15, -0.1) is 0 Å². The van der Waals surface area contributed by atoms with Gasteiger partial charge in [0.25, 0.3) is 11.8 Å². The van der Waals surface area contributed by atoms with Crippen LogP contribution in [-0.2, 0) is 12.7 Å². The lowest BCUT2D eigenvalue weighted by Crippen LogP contribution is -2.53. The summed E-state index contributed by atoms with van der Waals surface area (Å²) in [5.74, 6) is -2.06. The normalized spacial score (nSPS) is 20.3. The number of rotatable bonds is 4. The lowest BCUT2D eigenvalue weighted by molar-refractivity contribution is -0.159. The van der Waals surface area contributed by atoms with Gasteiger partial charge in [-0.05, 0) is 36.6 Å². The summed E-state index contributed by atoms with van der Waals surface area (Å²) in [6.45, 7) is 0.372. The molecule has 7 nitrogen and oxygen atoms in total. The van der Waals surface area contributed by atoms with Crippen molar-refractivity contribution in [2.75, 3.05) is 0 Å². The van der Waals surface area contributed by atoms with Crippen LogP contribution in [0.4, 0.5) is 13.2 Å². The molecule has 0 spiro atoms. The van der Waals surface area contributed by atoms with Crippen LogP contribution in [0.15, 0.2) is 53.1 Å². The second-order valence-electron chi connectivity index (χ2n) is 8.52. The van der Waals surface area contributed by atoms with Crippen molar-refractivity contribution < 1.29 is 27.3 Å². The van der Waals surface area contributed by atoms with E-state index < -0.39 is 12.1 Å². The fourth-order valence-electron chi connectivity index (χ4n) is 4.68. The lowest BCUT2D eigenvalue weighted by atomic mass is 9.89. The van der Waals surface area contributed by atoms with Crippen molar-refractivity contribution in [2.45, 2.75) is 50.5 Å². The Morgan fingerprint density at radius 1 is 1.09 bits per heavy atom. The van der Waals surface area contributed by atoms with E-state index in [2.05, 4.69) is 20.0 Å². The molecule has 5 rings (SSSR count). The summed E-state index contributed by atoms with van der Waals surface area (Å²) < 4.78 is 42.7. The SMILES string of the molecule is O=C(NC1CCCCC1N1Cc2ccc(-c3noc(C(F)(F)F)n3)cc2C1=O)c1ccccc1. The van der Waals surface area contributed by atoms with Gasteiger partial charge in [-0.25, -0.2) is 0 Å². The molecule has 0 saturated heterocycles. The maximum Gasteiger partial charge on any atom is 0.471 e. The molecule has 1 N–H and O–H groups in total. The molecule has 2 atom stereocenters. The van der Waals surface area contributed by atoms with Crippen molar-refractivity contribution >= 4 is 11.8 Å². The van der Waals surface area contributed by atoms with Crippen LogP contribution in [0.25, 0.3) is 11.4 Å². The molecule has 0 bridgehead atoms. The summed E-state index contributed by atoms with van der Waals surface area (Å²) in [6, 6.07) is 13.3. The van der Waals surface area contributed by atoms with Gasteiger partial charge < -0.3 is 14.7 Å². The van der Waals surface area contributed by atoms with Crippen LogP contribution in [0, 0.1) is 0 Å². The number of hydrogen-bond acceptors (Lipinski definition) is 5. The van der Waals surface area contributed by atoms with Gasteiger partial charge >= 0.3 is 12.1 Å². The molecule has 2 amide bonds. The van der Waals surface area contributed by atoms with Crippen LogP contribution in [0.1, 0.15) is 57.9 Å². The second-order valence-corrected chi connectivity index (χ2v) is 8.52. The Bertz CT molecular complexity index is 1230. The Balaban J connectivity index is 1.36. The third kappa shape index (κ3) is 4.15. The quantitative estimate of drug-likeness (QED) is 0.609. The topological polar surface area (TPSA) is 88.3 Å². The molecule has 1 aliphatic carbocycles. The monoisotopic (exact) mass is 470 g/mol. The van der Waals surface area contributed by atoms with Crippen LogP contribution in [-0.4, -0.2) is 38.9 Å². The number of carbonyl (C=O) groups is 2. The minimum atomic E-state index is -4.74. The number of nitrogens with zero attached hydrogens (tertiary/aromatic N) is 3. The van der Waals surface area contributed by atoms with Crippen LogP contribution in [0.3, 0.4) is 0 Å². The van der Waals surface area contributed by atoms with Gasteiger partial charge in [-0.2, -0.15) is 18.2 Å². The summed E-state index contributed by atoms with van der Waals surface area (Å²) in [5.41, 5.74) is 2.00. The molecule has 2 aromatic carbocycles. The van der Waals surface area contributed by atoms with E-state index in [0.717, 1.165) is 31.2 Å². The number of amides is 2. The molecule has 10 heteroatoms. The molecule has 1 fully saturated rings. The predicted octanol–water partition coefficient (Wildman–Crippen LogP) is 4.45. The molecular weight excluding hydrogens is 449 g/mol. The largest absolute Gasteiger partial charge is 0.471 e. The summed E-state index contributed by atoms with van der Waals surface area (Å²) >= 11 is 0. The summed E-state index contributed by atoms with van der Waals surface area (Å²) in [4.78, 5) is 31.2. The Morgan fingerprint density at radius 3 is 2.59 bits per heavy atom. The average Bonchev–Trinajstić information content (AvgIpc) is 3.45. The molecule has 176 valence electrons. The fourth-order valence-corrected chi connectivity index (χ4v) is 4.68. The van der Waals surface area contributed by atoms with Gasteiger partial charge in [0.1, 0.15) is 0 Å². The first-order valence-electron chi connectivity index (χ1n) is 11.0. The number of hydrogen-bond donors (Lipinski definition) is 1. The Labute approximate surface area is 192 Å². The van der Waals surface area contributed by atoms with E-state index in [1.807, 2.05) is 6.07 Å². The number of benzene rings is 2. The first-order chi connectivity index (χ1) is 16.3. The Kier molecular flexibility index (Phi) is 5.59. The van der Waals surface area contributed by atoms with Gasteiger partial charge in [-0.1, -0.05) is 48.3 Å². The van der Waals surface area contributed by atoms with E-state index >= 15 is 0 Å². The first kappa shape index (κ1) is 22.1. The minimum absolute atomic E-state index is 0.174. The molecule has 1 aromatic heterocycles. The van der Waals surface area contributed by atoms with E-state index in [0.29, 0.717) is 17.7 Å². The molecular formula is C24H21F3N4O3. The maximum absolute atomic E-state index is 13.3. The number of fused-ring (bicyclic) bond motifs is 1. The summed E-state index contributed by atoms with van der Waals surface area (Å²) in [7, 11) is 0. The van der Waals surface area contributed by atoms with Gasteiger partial charge in [0.15, 0.2) is 0 Å². The van der Waals surface area contributed by atoms with Crippen molar-refractivity contribution in [3.05, 3.63) is 71.1 Å². The average molecular weight is 470 g/mol. The highest BCUT2D eigenvalue weighted by atomic mass is 19.4. The standard InChI is InChI=1S/C24H21F3N4O3/c25-24(26,27)23-29-20(30-34-23)15-10-11-16-13-31(22(33)17(16)12-15)19-9-5-4-8-18(19)28-21(32)14-6-2-1-3-7-14/h1-3,6-7,10-12,18-19H,4-5,8-9,13H2,(H,28,32). The molecule has 0 radical (unpaired) electrons. The fraction of sp³-hybridized carbons (Fsp3) is 0.333. The highest BCUT2D eigenvalue weighted by molar-refractivity contribution is 6.00. The van der Waals surface area contributed by atoms with Crippen LogP contribution in [0.2, 0.25) is 0 Å². The van der Waals surface area contributed by atoms with Crippen molar-refractivity contribution in [3.8, 4) is 11.4 Å². The summed E-state index contributed by atoms with van der Waals surface area (Å²) in [6.07, 6.45) is -1.33. The third-order valence-electron chi connectivity index (χ3n) is 6.35. The van der Waals surface area contributed by atoms with Crippen molar-refractivity contribution in [3.63, 3.8) is 0 Å². The van der Waals surface area contributed by atoms with Gasteiger partial charge in [0.05, 0.1) is 6.04 Å². The molecule has 1 saturated carbocycles. The van der Waals surface area contributed by atoms with Gasteiger partial charge in [0.2, 0.25) is 5.82 Å². The molecule has 34 heavy (non-hydrogen) atoms. The Hall–Kier alpha value is -3.69. The van der Waals surface area contributed by atoms with Crippen LogP contribution in [0.5, 0.6) is 0 Å². The summed E-state index contributed by atoms with van der Waals surface area (Å²) in [5, 5.41) is 6.50. The number of nitrogens with one attached hydrogen (secondary N) is 1.